The highest BCUT2D eigenvalue weighted by Gasteiger charge is 2.21. The first-order valence-electron chi connectivity index (χ1n) is 8.81. The number of anilines is 1. The van der Waals surface area contributed by atoms with Crippen molar-refractivity contribution in [2.24, 2.45) is 0 Å². The zero-order valence-corrected chi connectivity index (χ0v) is 16.5. The molecule has 0 spiro atoms. The van der Waals surface area contributed by atoms with Gasteiger partial charge in [-0.3, -0.25) is 0 Å². The Labute approximate surface area is 166 Å². The van der Waals surface area contributed by atoms with E-state index in [0.717, 1.165) is 45.0 Å². The number of hydrogen-bond acceptors (Lipinski definition) is 4. The highest BCUT2D eigenvalue weighted by atomic mass is 79.9. The summed E-state index contributed by atoms with van der Waals surface area (Å²) >= 11 is 3.54. The Balaban J connectivity index is 1.69. The van der Waals surface area contributed by atoms with Crippen LogP contribution >= 0.6 is 15.9 Å². The van der Waals surface area contributed by atoms with Gasteiger partial charge in [0.15, 0.2) is 0 Å². The van der Waals surface area contributed by atoms with Crippen molar-refractivity contribution in [2.75, 3.05) is 18.1 Å². The Hall–Kier alpha value is -2.47. The summed E-state index contributed by atoms with van der Waals surface area (Å²) < 4.78 is 20.2. The fraction of sp³-hybridized carbons (Fsp3) is 0.238. The molecule has 0 saturated heterocycles. The number of fused-ring (bicyclic) bond motifs is 1. The lowest BCUT2D eigenvalue weighted by Gasteiger charge is -2.24. The van der Waals surface area contributed by atoms with Gasteiger partial charge in [0.25, 0.3) is 0 Å². The molecule has 1 aromatic heterocycles. The third-order valence-electron chi connectivity index (χ3n) is 4.73. The van der Waals surface area contributed by atoms with Gasteiger partial charge >= 0.3 is 0 Å². The van der Waals surface area contributed by atoms with E-state index in [1.807, 2.05) is 31.2 Å². The van der Waals surface area contributed by atoms with Gasteiger partial charge in [0, 0.05) is 34.3 Å². The second-order valence-electron chi connectivity index (χ2n) is 6.59. The Bertz CT molecular complexity index is 962. The maximum atomic E-state index is 13.2. The molecule has 4 rings (SSSR count). The van der Waals surface area contributed by atoms with Gasteiger partial charge in [0.1, 0.15) is 30.3 Å². The molecule has 4 nitrogen and oxygen atoms in total. The zero-order valence-electron chi connectivity index (χ0n) is 15.0. The van der Waals surface area contributed by atoms with Crippen LogP contribution in [0.25, 0.3) is 0 Å². The first-order valence-corrected chi connectivity index (χ1v) is 9.60. The Morgan fingerprint density at radius 1 is 1.15 bits per heavy atom. The van der Waals surface area contributed by atoms with Crippen molar-refractivity contribution in [1.82, 2.24) is 9.97 Å². The molecule has 0 unspecified atom stereocenters. The number of aromatic nitrogens is 2. The predicted octanol–water partition coefficient (Wildman–Crippen LogP) is 4.68. The molecular formula is C21H19BrFN3O. The monoisotopic (exact) mass is 427 g/mol. The van der Waals surface area contributed by atoms with E-state index >= 15 is 0 Å². The molecule has 0 aliphatic carbocycles. The van der Waals surface area contributed by atoms with Crippen LogP contribution in [0.3, 0.4) is 0 Å². The molecule has 6 heteroatoms. The molecule has 0 fully saturated rings. The summed E-state index contributed by atoms with van der Waals surface area (Å²) in [5.41, 5.74) is 4.14. The summed E-state index contributed by atoms with van der Waals surface area (Å²) in [5.74, 6) is 1.58. The molecule has 1 aliphatic heterocycles. The van der Waals surface area contributed by atoms with Crippen molar-refractivity contribution in [3.8, 4) is 5.75 Å². The molecule has 0 N–H and O–H groups in total. The van der Waals surface area contributed by atoms with E-state index in [-0.39, 0.29) is 5.82 Å². The summed E-state index contributed by atoms with van der Waals surface area (Å²) in [4.78, 5) is 11.2. The number of hydrogen-bond donors (Lipinski definition) is 0. The quantitative estimate of drug-likeness (QED) is 0.608. The largest absolute Gasteiger partial charge is 0.491 e. The van der Waals surface area contributed by atoms with Crippen LogP contribution in [-0.4, -0.2) is 23.1 Å². The Kier molecular flexibility index (Phi) is 5.07. The fourth-order valence-corrected chi connectivity index (χ4v) is 3.73. The van der Waals surface area contributed by atoms with Gasteiger partial charge < -0.3 is 9.64 Å². The number of benzene rings is 2. The first kappa shape index (κ1) is 17.9. The molecule has 0 saturated carbocycles. The highest BCUT2D eigenvalue weighted by Crippen LogP contribution is 2.30. The van der Waals surface area contributed by atoms with Crippen molar-refractivity contribution >= 4 is 21.7 Å². The van der Waals surface area contributed by atoms with Gasteiger partial charge in [0.05, 0.1) is 6.54 Å². The summed E-state index contributed by atoms with van der Waals surface area (Å²) in [6.45, 7) is 4.03. The number of rotatable bonds is 3. The fourth-order valence-electron chi connectivity index (χ4n) is 3.32. The van der Waals surface area contributed by atoms with Crippen LogP contribution in [0.4, 0.5) is 10.2 Å². The average molecular weight is 428 g/mol. The van der Waals surface area contributed by atoms with Gasteiger partial charge in [0.2, 0.25) is 0 Å². The van der Waals surface area contributed by atoms with Gasteiger partial charge in [-0.15, -0.1) is 0 Å². The molecule has 0 radical (unpaired) electrons. The topological polar surface area (TPSA) is 38.2 Å². The number of nitrogens with zero attached hydrogens (tertiary/aromatic N) is 3. The van der Waals surface area contributed by atoms with Crippen molar-refractivity contribution in [3.63, 3.8) is 0 Å². The minimum atomic E-state index is -0.230. The zero-order chi connectivity index (χ0) is 18.8. The third-order valence-corrected chi connectivity index (χ3v) is 5.23. The summed E-state index contributed by atoms with van der Waals surface area (Å²) in [5, 5.41) is 0. The van der Waals surface area contributed by atoms with E-state index in [0.29, 0.717) is 19.6 Å². The molecule has 0 amide bonds. The normalized spacial score (nSPS) is 13.7. The lowest BCUT2D eigenvalue weighted by Crippen LogP contribution is -2.28. The number of halogens is 2. The van der Waals surface area contributed by atoms with E-state index in [9.17, 15) is 4.39 Å². The SMILES string of the molecule is Cc1ncnc(N2CCOc3ccc(Br)cc3C2)c1Cc1ccc(F)cc1. The van der Waals surface area contributed by atoms with Crippen LogP contribution in [0.2, 0.25) is 0 Å². The first-order chi connectivity index (χ1) is 13.1. The van der Waals surface area contributed by atoms with Crippen molar-refractivity contribution in [3.05, 3.63) is 81.5 Å². The molecule has 3 aromatic rings. The molecule has 2 heterocycles. The Morgan fingerprint density at radius 2 is 1.96 bits per heavy atom. The summed E-state index contributed by atoms with van der Waals surface area (Å²) in [7, 11) is 0. The molecule has 138 valence electrons. The van der Waals surface area contributed by atoms with Crippen LogP contribution in [-0.2, 0) is 13.0 Å². The van der Waals surface area contributed by atoms with Crippen LogP contribution in [0.5, 0.6) is 5.75 Å². The van der Waals surface area contributed by atoms with Crippen molar-refractivity contribution in [2.45, 2.75) is 19.9 Å². The molecular weight excluding hydrogens is 409 g/mol. The molecule has 2 aromatic carbocycles. The predicted molar refractivity (Wildman–Crippen MR) is 107 cm³/mol. The lowest BCUT2D eigenvalue weighted by atomic mass is 10.0. The molecule has 27 heavy (non-hydrogen) atoms. The minimum Gasteiger partial charge on any atom is -0.491 e. The van der Waals surface area contributed by atoms with E-state index in [2.05, 4.69) is 36.9 Å². The Morgan fingerprint density at radius 3 is 2.78 bits per heavy atom. The van der Waals surface area contributed by atoms with E-state index < -0.39 is 0 Å². The summed E-state index contributed by atoms with van der Waals surface area (Å²) in [6.07, 6.45) is 2.26. The van der Waals surface area contributed by atoms with Crippen molar-refractivity contribution < 1.29 is 9.13 Å². The van der Waals surface area contributed by atoms with E-state index in [1.54, 1.807) is 6.33 Å². The second kappa shape index (κ2) is 7.64. The minimum absolute atomic E-state index is 0.230. The number of aryl methyl sites for hydroxylation is 1. The lowest BCUT2D eigenvalue weighted by molar-refractivity contribution is 0.331. The smallest absolute Gasteiger partial charge is 0.136 e. The standard InChI is InChI=1S/C21H19BrFN3O/c1-14-19(10-15-2-5-18(23)6-3-15)21(25-13-24-14)26-8-9-27-20-7-4-17(22)11-16(20)12-26/h2-7,11,13H,8-10,12H2,1H3. The van der Waals surface area contributed by atoms with Gasteiger partial charge in [-0.1, -0.05) is 28.1 Å². The second-order valence-corrected chi connectivity index (χ2v) is 7.50. The van der Waals surface area contributed by atoms with E-state index in [4.69, 9.17) is 4.74 Å². The van der Waals surface area contributed by atoms with Crippen LogP contribution < -0.4 is 9.64 Å². The van der Waals surface area contributed by atoms with Gasteiger partial charge in [-0.25, -0.2) is 14.4 Å². The van der Waals surface area contributed by atoms with Gasteiger partial charge in [-0.2, -0.15) is 0 Å². The van der Waals surface area contributed by atoms with E-state index in [1.165, 1.54) is 12.1 Å². The molecule has 0 bridgehead atoms. The van der Waals surface area contributed by atoms with Crippen molar-refractivity contribution in [1.29, 1.82) is 0 Å². The van der Waals surface area contributed by atoms with Crippen LogP contribution in [0.1, 0.15) is 22.4 Å². The van der Waals surface area contributed by atoms with Crippen LogP contribution in [0, 0.1) is 12.7 Å². The van der Waals surface area contributed by atoms with Crippen LogP contribution in [0.15, 0.2) is 53.3 Å². The maximum Gasteiger partial charge on any atom is 0.136 e. The maximum absolute atomic E-state index is 13.2. The highest BCUT2D eigenvalue weighted by molar-refractivity contribution is 9.10. The third kappa shape index (κ3) is 3.95. The van der Waals surface area contributed by atoms with Gasteiger partial charge in [-0.05, 0) is 42.8 Å². The molecule has 0 atom stereocenters. The summed E-state index contributed by atoms with van der Waals surface area (Å²) in [6, 6.07) is 12.7. The molecule has 1 aliphatic rings. The number of ether oxygens (including phenoxy) is 1. The average Bonchev–Trinajstić information content (AvgIpc) is 2.87.